The van der Waals surface area contributed by atoms with Crippen LogP contribution in [0, 0.1) is 0 Å². The number of aryl methyl sites for hydroxylation is 1. The highest BCUT2D eigenvalue weighted by atomic mass is 15.4. The molecule has 1 aromatic heterocycles. The lowest BCUT2D eigenvalue weighted by Crippen LogP contribution is -2.01. The highest BCUT2D eigenvalue weighted by molar-refractivity contribution is 5.76. The largest absolute Gasteiger partial charge is 0.213 e. The number of rotatable bonds is 5. The Morgan fingerprint density at radius 2 is 1.75 bits per heavy atom. The maximum absolute atomic E-state index is 4.32. The second-order valence-electron chi connectivity index (χ2n) is 5.08. The van der Waals surface area contributed by atoms with Crippen LogP contribution in [0.25, 0.3) is 16.7 Å². The Bertz CT molecular complexity index is 700. The van der Waals surface area contributed by atoms with Crippen LogP contribution >= 0.6 is 0 Å². The first-order chi connectivity index (χ1) is 9.90. The molecule has 0 atom stereocenters. The van der Waals surface area contributed by atoms with E-state index in [1.165, 1.54) is 24.8 Å². The van der Waals surface area contributed by atoms with Crippen molar-refractivity contribution in [1.29, 1.82) is 0 Å². The van der Waals surface area contributed by atoms with Gasteiger partial charge in [0.25, 0.3) is 0 Å². The molecule has 0 aliphatic carbocycles. The van der Waals surface area contributed by atoms with Crippen LogP contribution in [0.2, 0.25) is 0 Å². The van der Waals surface area contributed by atoms with Gasteiger partial charge in [0.1, 0.15) is 5.52 Å². The van der Waals surface area contributed by atoms with Crippen molar-refractivity contribution in [2.24, 2.45) is 0 Å². The van der Waals surface area contributed by atoms with Gasteiger partial charge in [-0.1, -0.05) is 55.3 Å². The van der Waals surface area contributed by atoms with E-state index in [1.54, 1.807) is 0 Å². The molecule has 20 heavy (non-hydrogen) atoms. The highest BCUT2D eigenvalue weighted by Gasteiger charge is 2.09. The predicted molar refractivity (Wildman–Crippen MR) is 82.1 cm³/mol. The van der Waals surface area contributed by atoms with E-state index >= 15 is 0 Å². The molecule has 0 saturated heterocycles. The summed E-state index contributed by atoms with van der Waals surface area (Å²) in [6.07, 6.45) is 4.83. The Hall–Kier alpha value is -2.16. The van der Waals surface area contributed by atoms with Crippen molar-refractivity contribution in [3.05, 3.63) is 54.1 Å². The van der Waals surface area contributed by atoms with E-state index in [0.717, 1.165) is 23.1 Å². The van der Waals surface area contributed by atoms with Gasteiger partial charge in [-0.3, -0.25) is 0 Å². The third-order valence-corrected chi connectivity index (χ3v) is 3.62. The van der Waals surface area contributed by atoms with Crippen molar-refractivity contribution in [2.45, 2.75) is 32.6 Å². The minimum atomic E-state index is 0.941. The summed E-state index contributed by atoms with van der Waals surface area (Å²) in [5.74, 6) is 0. The van der Waals surface area contributed by atoms with Gasteiger partial charge in [0.15, 0.2) is 0 Å². The molecule has 0 radical (unpaired) electrons. The lowest BCUT2D eigenvalue weighted by Gasteiger charge is -2.09. The molecule has 3 aromatic rings. The lowest BCUT2D eigenvalue weighted by molar-refractivity contribution is 0.710. The molecule has 0 spiro atoms. The maximum Gasteiger partial charge on any atom is 0.113 e. The molecule has 3 heteroatoms. The van der Waals surface area contributed by atoms with Crippen molar-refractivity contribution in [3.63, 3.8) is 0 Å². The van der Waals surface area contributed by atoms with E-state index in [4.69, 9.17) is 0 Å². The normalized spacial score (nSPS) is 11.1. The molecule has 0 N–H and O–H groups in total. The number of hydrogen-bond donors (Lipinski definition) is 0. The van der Waals surface area contributed by atoms with Gasteiger partial charge in [-0.2, -0.15) is 0 Å². The maximum atomic E-state index is 4.32. The summed E-state index contributed by atoms with van der Waals surface area (Å²) in [6, 6.07) is 16.6. The van der Waals surface area contributed by atoms with Gasteiger partial charge in [0.05, 0.1) is 11.2 Å². The molecular formula is C17H19N3. The molecule has 0 saturated carbocycles. The first-order valence-corrected chi connectivity index (χ1v) is 7.29. The van der Waals surface area contributed by atoms with E-state index in [9.17, 15) is 0 Å². The molecule has 3 rings (SSSR count). The number of nitrogens with zero attached hydrogens (tertiary/aromatic N) is 3. The molecule has 0 bridgehead atoms. The van der Waals surface area contributed by atoms with Crippen LogP contribution < -0.4 is 0 Å². The number of benzene rings is 2. The van der Waals surface area contributed by atoms with Crippen molar-refractivity contribution >= 4 is 11.0 Å². The van der Waals surface area contributed by atoms with Crippen LogP contribution in [0.15, 0.2) is 48.5 Å². The fourth-order valence-electron chi connectivity index (χ4n) is 2.54. The highest BCUT2D eigenvalue weighted by Crippen LogP contribution is 2.20. The van der Waals surface area contributed by atoms with E-state index in [-0.39, 0.29) is 0 Å². The van der Waals surface area contributed by atoms with Gasteiger partial charge >= 0.3 is 0 Å². The third-order valence-electron chi connectivity index (χ3n) is 3.62. The van der Waals surface area contributed by atoms with Crippen molar-refractivity contribution < 1.29 is 0 Å². The molecular weight excluding hydrogens is 246 g/mol. The number of hydrogen-bond acceptors (Lipinski definition) is 2. The molecule has 1 heterocycles. The molecule has 0 amide bonds. The Balaban J connectivity index is 2.01. The SMILES string of the molecule is CCCCCc1ccccc1-n1nnc2ccccc21. The zero-order chi connectivity index (χ0) is 13.8. The summed E-state index contributed by atoms with van der Waals surface area (Å²) in [5.41, 5.74) is 4.50. The minimum absolute atomic E-state index is 0.941. The zero-order valence-electron chi connectivity index (χ0n) is 11.8. The summed E-state index contributed by atoms with van der Waals surface area (Å²) in [5, 5.41) is 8.57. The molecule has 102 valence electrons. The van der Waals surface area contributed by atoms with Crippen LogP contribution in [-0.4, -0.2) is 15.0 Å². The van der Waals surface area contributed by atoms with Crippen molar-refractivity contribution in [1.82, 2.24) is 15.0 Å². The monoisotopic (exact) mass is 265 g/mol. The lowest BCUT2D eigenvalue weighted by atomic mass is 10.1. The van der Waals surface area contributed by atoms with Crippen LogP contribution in [0.1, 0.15) is 31.7 Å². The molecule has 0 aliphatic rings. The number of fused-ring (bicyclic) bond motifs is 1. The quantitative estimate of drug-likeness (QED) is 0.649. The Labute approximate surface area is 119 Å². The van der Waals surface area contributed by atoms with E-state index < -0.39 is 0 Å². The van der Waals surface area contributed by atoms with Gasteiger partial charge < -0.3 is 0 Å². The van der Waals surface area contributed by atoms with Crippen LogP contribution in [0.5, 0.6) is 0 Å². The molecule has 0 aliphatic heterocycles. The smallest absolute Gasteiger partial charge is 0.113 e. The Morgan fingerprint density at radius 1 is 0.950 bits per heavy atom. The number of aromatic nitrogens is 3. The Morgan fingerprint density at radius 3 is 2.65 bits per heavy atom. The average molecular weight is 265 g/mol. The fourth-order valence-corrected chi connectivity index (χ4v) is 2.54. The van der Waals surface area contributed by atoms with Crippen LogP contribution in [-0.2, 0) is 6.42 Å². The number of para-hydroxylation sites is 2. The standard InChI is InChI=1S/C17H19N3/c1-2-3-4-9-14-10-5-7-12-16(14)20-17-13-8-6-11-15(17)18-19-20/h5-8,10-13H,2-4,9H2,1H3. The van der Waals surface area contributed by atoms with Crippen LogP contribution in [0.4, 0.5) is 0 Å². The summed E-state index contributed by atoms with van der Waals surface area (Å²) in [4.78, 5) is 0. The summed E-state index contributed by atoms with van der Waals surface area (Å²) in [6.45, 7) is 2.23. The minimum Gasteiger partial charge on any atom is -0.213 e. The predicted octanol–water partition coefficient (Wildman–Crippen LogP) is 4.15. The third kappa shape index (κ3) is 2.44. The Kier molecular flexibility index (Phi) is 3.77. The summed E-state index contributed by atoms with van der Waals surface area (Å²) < 4.78 is 1.95. The van der Waals surface area contributed by atoms with E-state index in [0.29, 0.717) is 0 Å². The molecule has 0 unspecified atom stereocenters. The first-order valence-electron chi connectivity index (χ1n) is 7.29. The van der Waals surface area contributed by atoms with E-state index in [1.807, 2.05) is 22.9 Å². The topological polar surface area (TPSA) is 30.7 Å². The van der Waals surface area contributed by atoms with Gasteiger partial charge in [0.2, 0.25) is 0 Å². The van der Waals surface area contributed by atoms with Crippen molar-refractivity contribution in [2.75, 3.05) is 0 Å². The summed E-state index contributed by atoms with van der Waals surface area (Å²) >= 11 is 0. The molecule has 2 aromatic carbocycles. The van der Waals surface area contributed by atoms with E-state index in [2.05, 4.69) is 47.6 Å². The molecule has 0 fully saturated rings. The van der Waals surface area contributed by atoms with Gasteiger partial charge in [0, 0.05) is 0 Å². The molecule has 3 nitrogen and oxygen atoms in total. The second-order valence-corrected chi connectivity index (χ2v) is 5.08. The van der Waals surface area contributed by atoms with Crippen molar-refractivity contribution in [3.8, 4) is 5.69 Å². The average Bonchev–Trinajstić information content (AvgIpc) is 2.92. The number of unbranched alkanes of at least 4 members (excludes halogenated alkanes) is 2. The zero-order valence-corrected chi connectivity index (χ0v) is 11.8. The second kappa shape index (κ2) is 5.87. The fraction of sp³-hybridized carbons (Fsp3) is 0.294. The first kappa shape index (κ1) is 12.9. The summed E-state index contributed by atoms with van der Waals surface area (Å²) in [7, 11) is 0. The van der Waals surface area contributed by atoms with Gasteiger partial charge in [-0.15, -0.1) is 5.10 Å². The van der Waals surface area contributed by atoms with Gasteiger partial charge in [-0.25, -0.2) is 4.68 Å². The van der Waals surface area contributed by atoms with Gasteiger partial charge in [-0.05, 0) is 36.6 Å². The van der Waals surface area contributed by atoms with Crippen LogP contribution in [0.3, 0.4) is 0 Å².